The molecule has 0 atom stereocenters. The fourth-order valence-corrected chi connectivity index (χ4v) is 3.60. The van der Waals surface area contributed by atoms with Crippen LogP contribution in [0.3, 0.4) is 0 Å². The third kappa shape index (κ3) is 3.40. The number of hydrogen-bond donors (Lipinski definition) is 0. The average molecular weight is 361 g/mol. The van der Waals surface area contributed by atoms with Crippen LogP contribution in [0.25, 0.3) is 0 Å². The van der Waals surface area contributed by atoms with E-state index >= 15 is 0 Å². The molecule has 5 nitrogen and oxygen atoms in total. The van der Waals surface area contributed by atoms with Crippen LogP contribution in [0.5, 0.6) is 11.5 Å². The maximum atomic E-state index is 5.30. The number of ether oxygens (including phenoxy) is 2. The number of aromatic nitrogens is 1. The van der Waals surface area contributed by atoms with Gasteiger partial charge in [-0.25, -0.2) is 0 Å². The summed E-state index contributed by atoms with van der Waals surface area (Å²) < 4.78 is 10.6. The van der Waals surface area contributed by atoms with E-state index < -0.39 is 0 Å². The van der Waals surface area contributed by atoms with Gasteiger partial charge in [0.05, 0.1) is 14.2 Å². The Hall–Kier alpha value is -3.21. The molecule has 0 saturated carbocycles. The lowest BCUT2D eigenvalue weighted by atomic mass is 10.1. The lowest BCUT2D eigenvalue weighted by Crippen LogP contribution is -2.31. The summed E-state index contributed by atoms with van der Waals surface area (Å²) in [4.78, 5) is 9.15. The average Bonchev–Trinajstić information content (AvgIpc) is 3.19. The zero-order valence-corrected chi connectivity index (χ0v) is 15.6. The molecule has 3 aromatic rings. The summed E-state index contributed by atoms with van der Waals surface area (Å²) in [7, 11) is 3.38. The second-order valence-electron chi connectivity index (χ2n) is 6.44. The van der Waals surface area contributed by atoms with Crippen LogP contribution in [0.1, 0.15) is 11.7 Å². The van der Waals surface area contributed by atoms with Crippen LogP contribution >= 0.6 is 0 Å². The van der Waals surface area contributed by atoms with Crippen LogP contribution in [0.2, 0.25) is 0 Å². The monoisotopic (exact) mass is 361 g/mol. The van der Waals surface area contributed by atoms with Gasteiger partial charge in [-0.15, -0.1) is 0 Å². The van der Waals surface area contributed by atoms with Crippen LogP contribution in [-0.4, -0.2) is 32.3 Å². The van der Waals surface area contributed by atoms with Gasteiger partial charge in [0.1, 0.15) is 17.7 Å². The van der Waals surface area contributed by atoms with Gasteiger partial charge in [0.25, 0.3) is 0 Å². The lowest BCUT2D eigenvalue weighted by Gasteiger charge is -2.33. The molecule has 1 fully saturated rings. The molecule has 0 N–H and O–H groups in total. The van der Waals surface area contributed by atoms with E-state index in [1.54, 1.807) is 14.2 Å². The summed E-state index contributed by atoms with van der Waals surface area (Å²) in [6, 6.07) is 20.6. The molecule has 0 unspecified atom stereocenters. The predicted octanol–water partition coefficient (Wildman–Crippen LogP) is 4.12. The van der Waals surface area contributed by atoms with Gasteiger partial charge in [0.2, 0.25) is 0 Å². The molecule has 0 spiro atoms. The van der Waals surface area contributed by atoms with E-state index in [2.05, 4.69) is 45.1 Å². The summed E-state index contributed by atoms with van der Waals surface area (Å²) >= 11 is 0. The van der Waals surface area contributed by atoms with Gasteiger partial charge in [-0.2, -0.15) is 0 Å². The van der Waals surface area contributed by atoms with Crippen molar-refractivity contribution < 1.29 is 9.47 Å². The summed E-state index contributed by atoms with van der Waals surface area (Å²) in [5, 5.41) is 0. The minimum atomic E-state index is 0.0838. The predicted molar refractivity (Wildman–Crippen MR) is 108 cm³/mol. The number of pyridine rings is 1. The van der Waals surface area contributed by atoms with Crippen molar-refractivity contribution in [2.75, 3.05) is 37.1 Å². The zero-order chi connectivity index (χ0) is 18.6. The van der Waals surface area contributed by atoms with Gasteiger partial charge in [-0.05, 0) is 54.6 Å². The van der Waals surface area contributed by atoms with E-state index in [-0.39, 0.29) is 6.17 Å². The summed E-state index contributed by atoms with van der Waals surface area (Å²) in [6.45, 7) is 1.86. The highest BCUT2D eigenvalue weighted by atomic mass is 16.5. The molecule has 27 heavy (non-hydrogen) atoms. The first-order chi connectivity index (χ1) is 13.3. The molecule has 1 aliphatic rings. The van der Waals surface area contributed by atoms with Crippen LogP contribution < -0.4 is 19.3 Å². The molecule has 0 aliphatic carbocycles. The van der Waals surface area contributed by atoms with E-state index in [1.807, 2.05) is 42.7 Å². The SMILES string of the molecule is COc1ccc(N2CCN(c3ccc(OC)cc3)C2c2cccnc2)cc1. The van der Waals surface area contributed by atoms with E-state index in [0.717, 1.165) is 24.6 Å². The highest BCUT2D eigenvalue weighted by molar-refractivity contribution is 5.60. The molecular weight excluding hydrogens is 338 g/mol. The second-order valence-corrected chi connectivity index (χ2v) is 6.44. The molecule has 1 aromatic heterocycles. The Morgan fingerprint density at radius 3 is 1.70 bits per heavy atom. The molecular formula is C22H23N3O2. The first kappa shape index (κ1) is 17.2. The topological polar surface area (TPSA) is 37.8 Å². The fourth-order valence-electron chi connectivity index (χ4n) is 3.60. The van der Waals surface area contributed by atoms with E-state index in [1.165, 1.54) is 16.9 Å². The largest absolute Gasteiger partial charge is 0.497 e. The third-order valence-corrected chi connectivity index (χ3v) is 4.96. The van der Waals surface area contributed by atoms with Crippen molar-refractivity contribution in [2.45, 2.75) is 6.17 Å². The Labute approximate surface area is 159 Å². The number of rotatable bonds is 5. The number of methoxy groups -OCH3 is 2. The van der Waals surface area contributed by atoms with Crippen molar-refractivity contribution in [1.29, 1.82) is 0 Å². The molecule has 5 heteroatoms. The van der Waals surface area contributed by atoms with Gasteiger partial charge in [0, 0.05) is 42.4 Å². The molecule has 138 valence electrons. The fraction of sp³-hybridized carbons (Fsp3) is 0.227. The third-order valence-electron chi connectivity index (χ3n) is 4.96. The van der Waals surface area contributed by atoms with Crippen LogP contribution in [0.15, 0.2) is 73.1 Å². The van der Waals surface area contributed by atoms with Gasteiger partial charge in [-0.3, -0.25) is 4.98 Å². The van der Waals surface area contributed by atoms with E-state index in [0.29, 0.717) is 0 Å². The van der Waals surface area contributed by atoms with E-state index in [9.17, 15) is 0 Å². The molecule has 0 radical (unpaired) electrons. The molecule has 0 bridgehead atoms. The van der Waals surface area contributed by atoms with Crippen LogP contribution in [0, 0.1) is 0 Å². The Balaban J connectivity index is 1.71. The number of nitrogens with zero attached hydrogens (tertiary/aromatic N) is 3. The molecule has 4 rings (SSSR count). The Morgan fingerprint density at radius 2 is 1.30 bits per heavy atom. The molecule has 1 saturated heterocycles. The van der Waals surface area contributed by atoms with Crippen molar-refractivity contribution in [3.63, 3.8) is 0 Å². The molecule has 2 heterocycles. The Bertz CT molecular complexity index is 811. The number of hydrogen-bond acceptors (Lipinski definition) is 5. The highest BCUT2D eigenvalue weighted by Crippen LogP contribution is 2.38. The Morgan fingerprint density at radius 1 is 0.778 bits per heavy atom. The van der Waals surface area contributed by atoms with Crippen molar-refractivity contribution >= 4 is 11.4 Å². The van der Waals surface area contributed by atoms with E-state index in [4.69, 9.17) is 9.47 Å². The quantitative estimate of drug-likeness (QED) is 0.683. The second kappa shape index (κ2) is 7.58. The maximum absolute atomic E-state index is 5.30. The van der Waals surface area contributed by atoms with Crippen molar-refractivity contribution in [3.8, 4) is 11.5 Å². The van der Waals surface area contributed by atoms with Crippen molar-refractivity contribution in [3.05, 3.63) is 78.6 Å². The highest BCUT2D eigenvalue weighted by Gasteiger charge is 2.33. The smallest absolute Gasteiger partial charge is 0.130 e. The Kier molecular flexibility index (Phi) is 4.83. The van der Waals surface area contributed by atoms with Gasteiger partial charge < -0.3 is 19.3 Å². The summed E-state index contributed by atoms with van der Waals surface area (Å²) in [5.74, 6) is 1.73. The molecule has 2 aromatic carbocycles. The summed E-state index contributed by atoms with van der Waals surface area (Å²) in [5.41, 5.74) is 3.50. The standard InChI is InChI=1S/C22H23N3O2/c1-26-20-9-5-18(6-10-20)24-14-15-25(19-7-11-21(27-2)12-8-19)22(24)17-4-3-13-23-16-17/h3-13,16,22H,14-15H2,1-2H3. The normalized spacial score (nSPS) is 14.4. The van der Waals surface area contributed by atoms with Gasteiger partial charge in [0.15, 0.2) is 0 Å². The minimum Gasteiger partial charge on any atom is -0.497 e. The van der Waals surface area contributed by atoms with Gasteiger partial charge >= 0.3 is 0 Å². The van der Waals surface area contributed by atoms with Crippen LogP contribution in [0.4, 0.5) is 11.4 Å². The van der Waals surface area contributed by atoms with Gasteiger partial charge in [-0.1, -0.05) is 6.07 Å². The first-order valence-corrected chi connectivity index (χ1v) is 9.01. The number of benzene rings is 2. The maximum Gasteiger partial charge on any atom is 0.130 e. The summed E-state index contributed by atoms with van der Waals surface area (Å²) in [6.07, 6.45) is 3.84. The molecule has 0 amide bonds. The molecule has 1 aliphatic heterocycles. The van der Waals surface area contributed by atoms with Crippen molar-refractivity contribution in [2.24, 2.45) is 0 Å². The minimum absolute atomic E-state index is 0.0838. The lowest BCUT2D eigenvalue weighted by molar-refractivity contribution is 0.414. The zero-order valence-electron chi connectivity index (χ0n) is 15.6. The van der Waals surface area contributed by atoms with Crippen molar-refractivity contribution in [1.82, 2.24) is 4.98 Å². The number of anilines is 2. The first-order valence-electron chi connectivity index (χ1n) is 9.01. The van der Waals surface area contributed by atoms with Crippen LogP contribution in [-0.2, 0) is 0 Å².